The Bertz CT molecular complexity index is 1070. The van der Waals surface area contributed by atoms with E-state index in [1.165, 1.54) is 0 Å². The van der Waals surface area contributed by atoms with Crippen LogP contribution in [-0.4, -0.2) is 39.1 Å². The van der Waals surface area contributed by atoms with Gasteiger partial charge in [0.25, 0.3) is 5.91 Å². The van der Waals surface area contributed by atoms with E-state index in [0.29, 0.717) is 17.0 Å². The highest BCUT2D eigenvalue weighted by Crippen LogP contribution is 2.28. The van der Waals surface area contributed by atoms with Crippen LogP contribution in [0.3, 0.4) is 0 Å². The summed E-state index contributed by atoms with van der Waals surface area (Å²) in [5.74, 6) is -0.782. The molecular formula is C20H18N4O3. The number of pyridine rings is 1. The standard InChI is InChI=1S/C20H18N4O3/c1-12-17(13-7-3-4-8-14(13)22-12)15(25)11-24-18(26)20(2,23-19(24)27)16-9-5-6-10-21-16/h3-10,22H,11H2,1-2H3,(H,23,27)/t20-/m0/s1. The van der Waals surface area contributed by atoms with Gasteiger partial charge in [-0.15, -0.1) is 0 Å². The van der Waals surface area contributed by atoms with E-state index < -0.39 is 17.5 Å². The Labute approximate surface area is 155 Å². The van der Waals surface area contributed by atoms with Gasteiger partial charge in [-0.05, 0) is 32.0 Å². The number of amides is 3. The summed E-state index contributed by atoms with van der Waals surface area (Å²) < 4.78 is 0. The maximum absolute atomic E-state index is 12.9. The van der Waals surface area contributed by atoms with E-state index in [9.17, 15) is 14.4 Å². The van der Waals surface area contributed by atoms with Gasteiger partial charge in [0.05, 0.1) is 12.2 Å². The minimum absolute atomic E-state index is 0.293. The number of ketones is 1. The molecule has 0 radical (unpaired) electrons. The first-order valence-corrected chi connectivity index (χ1v) is 8.58. The number of fused-ring (bicyclic) bond motifs is 1. The third kappa shape index (κ3) is 2.59. The van der Waals surface area contributed by atoms with Crippen molar-refractivity contribution in [1.29, 1.82) is 0 Å². The van der Waals surface area contributed by atoms with Crippen molar-refractivity contribution in [2.45, 2.75) is 19.4 Å². The van der Waals surface area contributed by atoms with Crippen LogP contribution in [0.2, 0.25) is 0 Å². The van der Waals surface area contributed by atoms with E-state index in [1.54, 1.807) is 38.2 Å². The second kappa shape index (κ2) is 6.05. The van der Waals surface area contributed by atoms with Crippen LogP contribution < -0.4 is 5.32 Å². The summed E-state index contributed by atoms with van der Waals surface area (Å²) in [7, 11) is 0. The molecule has 0 unspecified atom stereocenters. The number of Topliss-reactive ketones (excluding diaryl/α,β-unsaturated/α-hetero) is 1. The lowest BCUT2D eigenvalue weighted by molar-refractivity contribution is -0.130. The Kier molecular flexibility index (Phi) is 3.80. The van der Waals surface area contributed by atoms with Gasteiger partial charge >= 0.3 is 6.03 Å². The zero-order valence-corrected chi connectivity index (χ0v) is 14.9. The smallest absolute Gasteiger partial charge is 0.325 e. The molecule has 1 aliphatic rings. The largest absolute Gasteiger partial charge is 0.358 e. The molecule has 2 N–H and O–H groups in total. The van der Waals surface area contributed by atoms with Gasteiger partial charge in [0, 0.05) is 28.4 Å². The Morgan fingerprint density at radius 1 is 1.15 bits per heavy atom. The number of para-hydroxylation sites is 1. The number of rotatable bonds is 4. The first-order valence-electron chi connectivity index (χ1n) is 8.58. The normalized spacial score (nSPS) is 19.6. The average molecular weight is 362 g/mol. The molecule has 0 spiro atoms. The predicted molar refractivity (Wildman–Crippen MR) is 99.2 cm³/mol. The SMILES string of the molecule is Cc1[nH]c2ccccc2c1C(=O)CN1C(=O)N[C@@](C)(c2ccccn2)C1=O. The molecule has 2 aromatic heterocycles. The Morgan fingerprint density at radius 3 is 2.63 bits per heavy atom. The van der Waals surface area contributed by atoms with Gasteiger partial charge in [-0.1, -0.05) is 24.3 Å². The van der Waals surface area contributed by atoms with E-state index in [1.807, 2.05) is 24.3 Å². The molecular weight excluding hydrogens is 344 g/mol. The number of hydrogen-bond donors (Lipinski definition) is 2. The average Bonchev–Trinajstić information content (AvgIpc) is 3.11. The molecule has 3 amide bonds. The quantitative estimate of drug-likeness (QED) is 0.551. The van der Waals surface area contributed by atoms with E-state index in [-0.39, 0.29) is 12.3 Å². The number of urea groups is 1. The summed E-state index contributed by atoms with van der Waals surface area (Å²) in [4.78, 5) is 46.6. The van der Waals surface area contributed by atoms with Crippen molar-refractivity contribution in [3.05, 3.63) is 65.6 Å². The maximum atomic E-state index is 12.9. The van der Waals surface area contributed by atoms with E-state index >= 15 is 0 Å². The molecule has 0 bridgehead atoms. The summed E-state index contributed by atoms with van der Waals surface area (Å²) in [6.07, 6.45) is 1.56. The van der Waals surface area contributed by atoms with E-state index in [0.717, 1.165) is 15.8 Å². The van der Waals surface area contributed by atoms with Crippen LogP contribution in [0.15, 0.2) is 48.7 Å². The van der Waals surface area contributed by atoms with Crippen molar-refractivity contribution in [1.82, 2.24) is 20.2 Å². The van der Waals surface area contributed by atoms with Crippen LogP contribution in [0.25, 0.3) is 10.9 Å². The molecule has 136 valence electrons. The van der Waals surface area contributed by atoms with Crippen LogP contribution in [0.1, 0.15) is 28.7 Å². The van der Waals surface area contributed by atoms with Crippen molar-refractivity contribution in [3.63, 3.8) is 0 Å². The van der Waals surface area contributed by atoms with E-state index in [4.69, 9.17) is 0 Å². The molecule has 1 fully saturated rings. The molecule has 7 heteroatoms. The summed E-state index contributed by atoms with van der Waals surface area (Å²) in [6, 6.07) is 12.0. The number of nitrogens with one attached hydrogen (secondary N) is 2. The van der Waals surface area contributed by atoms with Gasteiger partial charge < -0.3 is 10.3 Å². The fraction of sp³-hybridized carbons (Fsp3) is 0.200. The Morgan fingerprint density at radius 2 is 1.89 bits per heavy atom. The molecule has 27 heavy (non-hydrogen) atoms. The maximum Gasteiger partial charge on any atom is 0.325 e. The first-order chi connectivity index (χ1) is 12.9. The third-order valence-corrected chi connectivity index (χ3v) is 4.93. The molecule has 1 aromatic carbocycles. The molecule has 7 nitrogen and oxygen atoms in total. The Balaban J connectivity index is 1.65. The van der Waals surface area contributed by atoms with Crippen LogP contribution in [0.5, 0.6) is 0 Å². The summed E-state index contributed by atoms with van der Waals surface area (Å²) in [6.45, 7) is 3.07. The highest BCUT2D eigenvalue weighted by atomic mass is 16.2. The van der Waals surface area contributed by atoms with Crippen LogP contribution >= 0.6 is 0 Å². The zero-order valence-electron chi connectivity index (χ0n) is 14.9. The van der Waals surface area contributed by atoms with Gasteiger partial charge in [0.2, 0.25) is 0 Å². The minimum atomic E-state index is -1.28. The highest BCUT2D eigenvalue weighted by molar-refractivity contribution is 6.15. The monoisotopic (exact) mass is 362 g/mol. The second-order valence-electron chi connectivity index (χ2n) is 6.76. The van der Waals surface area contributed by atoms with Crippen molar-refractivity contribution in [3.8, 4) is 0 Å². The highest BCUT2D eigenvalue weighted by Gasteiger charge is 2.50. The number of aromatic amines is 1. The zero-order chi connectivity index (χ0) is 19.2. The van der Waals surface area contributed by atoms with Crippen LogP contribution in [0, 0.1) is 6.92 Å². The number of nitrogens with zero attached hydrogens (tertiary/aromatic N) is 2. The van der Waals surface area contributed by atoms with Gasteiger partial charge in [-0.2, -0.15) is 0 Å². The number of carbonyl (C=O) groups excluding carboxylic acids is 3. The van der Waals surface area contributed by atoms with Gasteiger partial charge in [-0.25, -0.2) is 4.79 Å². The van der Waals surface area contributed by atoms with Gasteiger partial charge in [-0.3, -0.25) is 19.5 Å². The van der Waals surface area contributed by atoms with Crippen molar-refractivity contribution in [2.75, 3.05) is 6.54 Å². The number of carbonyl (C=O) groups is 3. The fourth-order valence-corrected chi connectivity index (χ4v) is 3.53. The number of aryl methyl sites for hydroxylation is 1. The van der Waals surface area contributed by atoms with Crippen LogP contribution in [0.4, 0.5) is 4.79 Å². The third-order valence-electron chi connectivity index (χ3n) is 4.93. The van der Waals surface area contributed by atoms with Gasteiger partial charge in [0.1, 0.15) is 0 Å². The van der Waals surface area contributed by atoms with Crippen molar-refractivity contribution >= 4 is 28.6 Å². The second-order valence-corrected chi connectivity index (χ2v) is 6.76. The van der Waals surface area contributed by atoms with Gasteiger partial charge in [0.15, 0.2) is 11.3 Å². The predicted octanol–water partition coefficient (Wildman–Crippen LogP) is 2.52. The molecule has 0 aliphatic carbocycles. The van der Waals surface area contributed by atoms with E-state index in [2.05, 4.69) is 15.3 Å². The molecule has 4 rings (SSSR count). The van der Waals surface area contributed by atoms with Crippen LogP contribution in [-0.2, 0) is 10.3 Å². The lowest BCUT2D eigenvalue weighted by Gasteiger charge is -2.20. The lowest BCUT2D eigenvalue weighted by Crippen LogP contribution is -2.42. The first kappa shape index (κ1) is 17.0. The number of benzene rings is 1. The molecule has 0 saturated carbocycles. The minimum Gasteiger partial charge on any atom is -0.358 e. The number of imide groups is 1. The summed E-state index contributed by atoms with van der Waals surface area (Å²) in [5.41, 5.74) is 1.20. The molecule has 1 aliphatic heterocycles. The molecule has 1 saturated heterocycles. The summed E-state index contributed by atoms with van der Waals surface area (Å²) >= 11 is 0. The van der Waals surface area contributed by atoms with Crippen molar-refractivity contribution in [2.24, 2.45) is 0 Å². The number of aromatic nitrogens is 2. The van der Waals surface area contributed by atoms with Crippen molar-refractivity contribution < 1.29 is 14.4 Å². The topological polar surface area (TPSA) is 95.2 Å². The molecule has 1 atom stereocenters. The lowest BCUT2D eigenvalue weighted by atomic mass is 9.97. The summed E-state index contributed by atoms with van der Waals surface area (Å²) in [5, 5.41) is 3.44. The fourth-order valence-electron chi connectivity index (χ4n) is 3.53. The molecule has 3 aromatic rings. The number of hydrogen-bond acceptors (Lipinski definition) is 4. The Hall–Kier alpha value is -3.48. The molecule has 3 heterocycles. The number of H-pyrrole nitrogens is 1.